The number of methoxy groups -OCH3 is 2. The Kier molecular flexibility index (Phi) is 36.3. The van der Waals surface area contributed by atoms with Crippen molar-refractivity contribution in [2.45, 2.75) is 220 Å². The Morgan fingerprint density at radius 2 is 0.517 bits per heavy atom. The van der Waals surface area contributed by atoms with Gasteiger partial charge in [-0.3, -0.25) is 106 Å². The molecule has 0 aliphatic carbocycles. The molecular formula is C70H90N4O42. The van der Waals surface area contributed by atoms with Crippen LogP contribution in [0.3, 0.4) is 0 Å². The lowest BCUT2D eigenvalue weighted by Crippen LogP contribution is -2.69. The zero-order valence-electron chi connectivity index (χ0n) is 65.6. The zero-order valence-corrected chi connectivity index (χ0v) is 65.6. The summed E-state index contributed by atoms with van der Waals surface area (Å²) in [6.07, 6.45) is -40.9. The molecule has 0 aromatic heterocycles. The van der Waals surface area contributed by atoms with E-state index in [1.165, 1.54) is 0 Å². The molecule has 4 amide bonds. The number of amides is 4. The normalized spacial score (nSPS) is 26.5. The minimum atomic E-state index is -2.30. The van der Waals surface area contributed by atoms with E-state index in [0.29, 0.717) is 9.80 Å². The molecule has 1 aromatic rings. The molecule has 46 nitrogen and oxygen atoms in total. The largest absolute Gasteiger partial charge is 0.468 e. The quantitative estimate of drug-likeness (QED) is 0.0497. The van der Waals surface area contributed by atoms with Crippen LogP contribution in [-0.2, 0) is 191 Å². The number of esters is 16. The van der Waals surface area contributed by atoms with Gasteiger partial charge >= 0.3 is 95.5 Å². The van der Waals surface area contributed by atoms with Gasteiger partial charge in [0.2, 0.25) is 11.8 Å². The fourth-order valence-corrected chi connectivity index (χ4v) is 12.0. The fraction of sp³-hybridized carbons (Fsp3) is 0.629. The van der Waals surface area contributed by atoms with Crippen LogP contribution in [0.1, 0.15) is 118 Å². The lowest BCUT2D eigenvalue weighted by Gasteiger charge is -2.50. The molecule has 4 saturated heterocycles. The van der Waals surface area contributed by atoms with Crippen molar-refractivity contribution in [3.63, 3.8) is 0 Å². The Balaban J connectivity index is 1.76. The van der Waals surface area contributed by atoms with Crippen molar-refractivity contribution in [1.82, 2.24) is 20.4 Å². The van der Waals surface area contributed by atoms with Crippen LogP contribution in [-0.4, -0.2) is 318 Å². The number of hydrogen-bond donors (Lipinski definition) is 2. The molecule has 0 bridgehead atoms. The molecule has 0 spiro atoms. The van der Waals surface area contributed by atoms with Crippen LogP contribution in [0, 0.1) is 0 Å². The average molecular weight is 1660 g/mol. The van der Waals surface area contributed by atoms with Crippen LogP contribution in [0.15, 0.2) is 24.3 Å². The van der Waals surface area contributed by atoms with Gasteiger partial charge in [-0.2, -0.15) is 0 Å². The number of benzene rings is 1. The molecule has 0 unspecified atom stereocenters. The Hall–Kier alpha value is -11.6. The van der Waals surface area contributed by atoms with Gasteiger partial charge in [0.1, 0.15) is 89.2 Å². The maximum absolute atomic E-state index is 15.6. The summed E-state index contributed by atoms with van der Waals surface area (Å²) < 4.78 is 125. The highest BCUT2D eigenvalue weighted by atomic mass is 16.8. The van der Waals surface area contributed by atoms with Crippen molar-refractivity contribution in [1.29, 1.82) is 0 Å². The van der Waals surface area contributed by atoms with E-state index in [1.807, 2.05) is 0 Å². The third-order valence-electron chi connectivity index (χ3n) is 16.3. The Bertz CT molecular complexity index is 3570. The van der Waals surface area contributed by atoms with Crippen molar-refractivity contribution in [3.8, 4) is 0 Å². The van der Waals surface area contributed by atoms with Gasteiger partial charge in [-0.05, 0) is 24.3 Å². The second kappa shape index (κ2) is 44.3. The highest BCUT2D eigenvalue weighted by Crippen LogP contribution is 2.40. The first-order valence-electron chi connectivity index (χ1n) is 35.0. The number of ether oxygens (including phenoxy) is 22. The third-order valence-corrected chi connectivity index (χ3v) is 16.3. The summed E-state index contributed by atoms with van der Waals surface area (Å²) in [5.41, 5.74) is -1.15. The summed E-state index contributed by atoms with van der Waals surface area (Å²) in [6, 6.07) is 3.60. The van der Waals surface area contributed by atoms with Gasteiger partial charge in [-0.1, -0.05) is 0 Å². The smallest absolute Gasteiger partial charge is 0.325 e. The maximum Gasteiger partial charge on any atom is 0.325 e. The molecular weight excluding hydrogens is 1570 g/mol. The van der Waals surface area contributed by atoms with E-state index < -0.39 is 306 Å². The molecule has 5 rings (SSSR count). The lowest BCUT2D eigenvalue weighted by atomic mass is 9.94. The minimum Gasteiger partial charge on any atom is -0.468 e. The molecule has 0 radical (unpaired) electrons. The maximum atomic E-state index is 15.6. The first-order valence-corrected chi connectivity index (χ1v) is 35.0. The summed E-state index contributed by atoms with van der Waals surface area (Å²) in [6.45, 7) is 4.67. The van der Waals surface area contributed by atoms with Crippen molar-refractivity contribution in [3.05, 3.63) is 35.4 Å². The predicted octanol–water partition coefficient (Wildman–Crippen LogP) is -3.61. The monoisotopic (exact) mass is 1660 g/mol. The fourth-order valence-electron chi connectivity index (χ4n) is 12.0. The molecule has 20 atom stereocenters. The van der Waals surface area contributed by atoms with Gasteiger partial charge in [-0.25, -0.2) is 0 Å². The van der Waals surface area contributed by atoms with Crippen LogP contribution in [0.2, 0.25) is 0 Å². The van der Waals surface area contributed by atoms with Crippen LogP contribution in [0.4, 0.5) is 0 Å². The van der Waals surface area contributed by atoms with Gasteiger partial charge in [-0.15, -0.1) is 0 Å². The topological polar surface area (TPSA) is 575 Å². The van der Waals surface area contributed by atoms with Crippen LogP contribution >= 0.6 is 0 Å². The highest BCUT2D eigenvalue weighted by Gasteiger charge is 2.62. The van der Waals surface area contributed by atoms with E-state index in [-0.39, 0.29) is 0 Å². The molecule has 1 aromatic carbocycles. The summed E-state index contributed by atoms with van der Waals surface area (Å²) in [7, 11) is 1.92. The first-order chi connectivity index (χ1) is 54.4. The molecule has 2 N–H and O–H groups in total. The molecule has 4 heterocycles. The van der Waals surface area contributed by atoms with Gasteiger partial charge in [0.05, 0.1) is 14.2 Å². The number of rotatable bonds is 34. The highest BCUT2D eigenvalue weighted by molar-refractivity contribution is 6.00. The van der Waals surface area contributed by atoms with E-state index in [2.05, 4.69) is 20.1 Å². The van der Waals surface area contributed by atoms with E-state index in [4.69, 9.17) is 94.7 Å². The van der Waals surface area contributed by atoms with E-state index in [9.17, 15) is 86.3 Å². The van der Waals surface area contributed by atoms with Crippen LogP contribution < -0.4 is 10.6 Å². The number of hydrogen-bond acceptors (Lipinski definition) is 42. The van der Waals surface area contributed by atoms with Crippen molar-refractivity contribution in [2.75, 3.05) is 66.8 Å². The minimum absolute atomic E-state index is 0.523. The molecule has 642 valence electrons. The number of carbonyl (C=O) groups is 20. The molecule has 4 fully saturated rings. The summed E-state index contributed by atoms with van der Waals surface area (Å²) >= 11 is 0. The van der Waals surface area contributed by atoms with E-state index in [1.54, 1.807) is 0 Å². The third kappa shape index (κ3) is 28.4. The molecule has 116 heavy (non-hydrogen) atoms. The van der Waals surface area contributed by atoms with Crippen molar-refractivity contribution in [2.24, 2.45) is 0 Å². The Morgan fingerprint density at radius 3 is 0.759 bits per heavy atom. The van der Waals surface area contributed by atoms with Crippen molar-refractivity contribution >= 4 is 119 Å². The number of nitrogens with one attached hydrogen (secondary N) is 2. The van der Waals surface area contributed by atoms with Gasteiger partial charge in [0, 0.05) is 108 Å². The van der Waals surface area contributed by atoms with Crippen LogP contribution in [0.25, 0.3) is 0 Å². The number of nitrogens with zero attached hydrogens (tertiary/aromatic N) is 2. The molecule has 0 saturated carbocycles. The predicted molar refractivity (Wildman–Crippen MR) is 365 cm³/mol. The van der Waals surface area contributed by atoms with Crippen molar-refractivity contribution < 1.29 is 200 Å². The lowest BCUT2D eigenvalue weighted by molar-refractivity contribution is -0.349. The van der Waals surface area contributed by atoms with Gasteiger partial charge in [0.25, 0.3) is 11.8 Å². The zero-order chi connectivity index (χ0) is 86.9. The van der Waals surface area contributed by atoms with Gasteiger partial charge < -0.3 is 115 Å². The summed E-state index contributed by atoms with van der Waals surface area (Å²) in [5, 5.41) is 4.42. The molecule has 4 aliphatic heterocycles. The molecule has 4 aliphatic rings. The molecule has 46 heteroatoms. The second-order valence-corrected chi connectivity index (χ2v) is 25.5. The number of carbonyl (C=O) groups excluding carboxylic acids is 20. The van der Waals surface area contributed by atoms with Gasteiger partial charge in [0.15, 0.2) is 86.1 Å². The standard InChI is InChI=1S/C70H90N4O42/c1-29(75)97-25-45-55(115-69-63(109-41(13)87)59(105-37(9)83)53(101-33(5)79)47(113-69)27-99-31(3)77)57(103-35(7)81)61(107-39(11)85)67(111-45)73(23-49(89)71-21-51(91)95-15)65(93)43-17-19-44(20-18-43)66(94)74(24-50(90)72-22-52(92)96-16)68-62(108-40(12)86)58(104-36(8)82)56(46(112-68)26-98-30(2)76)116-70-64(110-42(14)88)60(106-38(10)84)54(102-34(6)80)48(114-70)28-100-32(4)78/h17-20,45-48,53-64,67-70H,21-28H2,1-16H3,(H,71,89)(H,72,90)/t45-,46-,47-,48-,53+,54+,55-,56-,57+,58+,59+,60+,61-,62-,63-,64-,67-,68-,69+,70+/m1/s1. The first kappa shape index (κ1) is 95.0. The van der Waals surface area contributed by atoms with E-state index >= 15 is 9.59 Å². The average Bonchev–Trinajstić information content (AvgIpc) is 0.761. The Morgan fingerprint density at radius 1 is 0.293 bits per heavy atom. The summed E-state index contributed by atoms with van der Waals surface area (Å²) in [4.78, 5) is 266. The van der Waals surface area contributed by atoms with Crippen LogP contribution in [0.5, 0.6) is 0 Å². The SMILES string of the molecule is COC(=O)CNC(=O)CN(C(=O)c1ccc(C(=O)N(CC(=O)NCC(=O)OC)[C@@H]2O[C@H](COC(C)=O)[C@@H](O[C@@H]3O[C@H](COC(C)=O)[C@H](OC(C)=O)[C@H](OC(C)=O)[C@H]3OC(C)=O)[C@H](OC(C)=O)[C@H]2OC(C)=O)cc1)[C@@H]1O[C@H](COC(C)=O)[C@@H](O[C@@H]2O[C@H](COC(C)=O)[C@H](OC(C)=O)[C@H](OC(C)=O)[C@H]2OC(C)=O)[C@H](OC(C)=O)[C@H]1OC(C)=O. The Labute approximate surface area is 659 Å². The van der Waals surface area contributed by atoms with E-state index in [0.717, 1.165) is 135 Å². The second-order valence-electron chi connectivity index (χ2n) is 25.5. The summed E-state index contributed by atoms with van der Waals surface area (Å²) in [5.74, 6) is -22.6.